The summed E-state index contributed by atoms with van der Waals surface area (Å²) in [5, 5.41) is 0. The Kier molecular flexibility index (Phi) is 3.80. The lowest BCUT2D eigenvalue weighted by Gasteiger charge is -2.12. The lowest BCUT2D eigenvalue weighted by atomic mass is 10.0. The number of allylic oxidation sites excluding steroid dienone is 3. The van der Waals surface area contributed by atoms with Crippen LogP contribution in [0.1, 0.15) is 12.8 Å². The fourth-order valence-corrected chi connectivity index (χ4v) is 2.60. The summed E-state index contributed by atoms with van der Waals surface area (Å²) in [6.45, 7) is 0.170. The van der Waals surface area contributed by atoms with E-state index >= 15 is 0 Å². The maximum Gasteiger partial charge on any atom is 0.277 e. The van der Waals surface area contributed by atoms with Crippen molar-refractivity contribution in [1.29, 1.82) is 0 Å². The second kappa shape index (κ2) is 5.90. The van der Waals surface area contributed by atoms with E-state index in [4.69, 9.17) is 11.2 Å². The summed E-state index contributed by atoms with van der Waals surface area (Å²) in [5.74, 6) is 2.92. The third kappa shape index (κ3) is 2.42. The van der Waals surface area contributed by atoms with Gasteiger partial charge < -0.3 is 9.64 Å². The van der Waals surface area contributed by atoms with E-state index in [0.717, 1.165) is 24.1 Å². The highest BCUT2D eigenvalue weighted by Crippen LogP contribution is 2.34. The number of para-hydroxylation sites is 2. The molecular formula is C18H16N2O2. The molecule has 4 heteroatoms. The number of carbonyl (C=O) groups is 1. The molecule has 0 bridgehead atoms. The first kappa shape index (κ1) is 14.2. The quantitative estimate of drug-likeness (QED) is 0.804. The number of benzene rings is 1. The van der Waals surface area contributed by atoms with Crippen LogP contribution >= 0.6 is 0 Å². The van der Waals surface area contributed by atoms with Crippen LogP contribution in [0.2, 0.25) is 0 Å². The molecule has 1 fully saturated rings. The zero-order valence-corrected chi connectivity index (χ0v) is 12.4. The molecule has 22 heavy (non-hydrogen) atoms. The minimum Gasteiger partial charge on any atom is -0.479 e. The van der Waals surface area contributed by atoms with Crippen molar-refractivity contribution in [3.8, 4) is 18.1 Å². The largest absolute Gasteiger partial charge is 0.479 e. The van der Waals surface area contributed by atoms with E-state index in [9.17, 15) is 4.79 Å². The zero-order chi connectivity index (χ0) is 15.5. The standard InChI is InChI=1S/C18H16N2O2/c1-3-12-22-16-11-7-5-9-14(16)19-17-13-8-4-6-10-15(13)20(2)18(17)21/h1,5,7-11H,4,6,12H2,2H3. The molecule has 2 aliphatic rings. The number of ether oxygens (including phenoxy) is 1. The Morgan fingerprint density at radius 2 is 2.09 bits per heavy atom. The van der Waals surface area contributed by atoms with Crippen LogP contribution in [0.5, 0.6) is 5.75 Å². The van der Waals surface area contributed by atoms with Gasteiger partial charge in [0.1, 0.15) is 23.8 Å². The summed E-state index contributed by atoms with van der Waals surface area (Å²) in [7, 11) is 1.77. The second-order valence-corrected chi connectivity index (χ2v) is 5.07. The van der Waals surface area contributed by atoms with Gasteiger partial charge in [0.2, 0.25) is 0 Å². The summed E-state index contributed by atoms with van der Waals surface area (Å²) in [4.78, 5) is 18.6. The summed E-state index contributed by atoms with van der Waals surface area (Å²) in [5.41, 5.74) is 2.93. The first-order valence-electron chi connectivity index (χ1n) is 7.15. The van der Waals surface area contributed by atoms with Crippen molar-refractivity contribution in [3.63, 3.8) is 0 Å². The van der Waals surface area contributed by atoms with E-state index in [2.05, 4.69) is 23.1 Å². The average Bonchev–Trinajstić information content (AvgIpc) is 2.79. The fraction of sp³-hybridized carbons (Fsp3) is 0.222. The van der Waals surface area contributed by atoms with Crippen molar-refractivity contribution >= 4 is 17.3 Å². The highest BCUT2D eigenvalue weighted by Gasteiger charge is 2.35. The van der Waals surface area contributed by atoms with Crippen LogP contribution in [0.15, 0.2) is 52.7 Å². The molecule has 0 atom stereocenters. The van der Waals surface area contributed by atoms with Crippen LogP contribution in [0.3, 0.4) is 0 Å². The van der Waals surface area contributed by atoms with Gasteiger partial charge in [-0.3, -0.25) is 4.79 Å². The minimum absolute atomic E-state index is 0.0915. The molecule has 1 heterocycles. The Morgan fingerprint density at radius 3 is 2.91 bits per heavy atom. The van der Waals surface area contributed by atoms with Crippen LogP contribution in [0, 0.1) is 12.3 Å². The van der Waals surface area contributed by atoms with Gasteiger partial charge in [-0.1, -0.05) is 30.2 Å². The van der Waals surface area contributed by atoms with E-state index in [0.29, 0.717) is 17.1 Å². The Bertz CT molecular complexity index is 751. The molecule has 1 aromatic rings. The molecule has 0 aromatic heterocycles. The maximum atomic E-state index is 12.4. The molecule has 0 unspecified atom stereocenters. The number of fused-ring (bicyclic) bond motifs is 1. The van der Waals surface area contributed by atoms with Gasteiger partial charge in [0, 0.05) is 18.3 Å². The van der Waals surface area contributed by atoms with Gasteiger partial charge in [0.15, 0.2) is 0 Å². The molecule has 1 saturated heterocycles. The molecule has 3 rings (SSSR count). The van der Waals surface area contributed by atoms with Crippen LogP contribution in [-0.4, -0.2) is 30.2 Å². The van der Waals surface area contributed by atoms with Crippen LogP contribution in [-0.2, 0) is 4.79 Å². The summed E-state index contributed by atoms with van der Waals surface area (Å²) in [6, 6.07) is 7.32. The van der Waals surface area contributed by atoms with E-state index in [1.807, 2.05) is 18.2 Å². The molecule has 110 valence electrons. The number of likely N-dealkylation sites (tertiary alicyclic amines) is 1. The van der Waals surface area contributed by atoms with Gasteiger partial charge in [-0.15, -0.1) is 6.42 Å². The summed E-state index contributed by atoms with van der Waals surface area (Å²) in [6.07, 6.45) is 11.3. The first-order valence-corrected chi connectivity index (χ1v) is 7.15. The van der Waals surface area contributed by atoms with E-state index < -0.39 is 0 Å². The normalized spacial score (nSPS) is 18.6. The number of amides is 1. The summed E-state index contributed by atoms with van der Waals surface area (Å²) >= 11 is 0. The van der Waals surface area contributed by atoms with E-state index in [1.165, 1.54) is 0 Å². The first-order chi connectivity index (χ1) is 10.7. The average molecular weight is 292 g/mol. The van der Waals surface area contributed by atoms with E-state index in [-0.39, 0.29) is 12.5 Å². The number of nitrogens with zero attached hydrogens (tertiary/aromatic N) is 2. The smallest absolute Gasteiger partial charge is 0.277 e. The van der Waals surface area contributed by atoms with Crippen molar-refractivity contribution < 1.29 is 9.53 Å². The number of hydrogen-bond acceptors (Lipinski definition) is 3. The molecular weight excluding hydrogens is 276 g/mol. The third-order valence-electron chi connectivity index (χ3n) is 3.66. The number of likely N-dealkylation sites (N-methyl/N-ethyl adjacent to an activating group) is 1. The van der Waals surface area contributed by atoms with Crippen molar-refractivity contribution in [2.24, 2.45) is 4.99 Å². The topological polar surface area (TPSA) is 41.9 Å². The van der Waals surface area contributed by atoms with Gasteiger partial charge in [-0.05, 0) is 25.0 Å². The molecule has 1 aliphatic heterocycles. The van der Waals surface area contributed by atoms with Crippen LogP contribution in [0.4, 0.5) is 5.69 Å². The molecule has 0 N–H and O–H groups in total. The van der Waals surface area contributed by atoms with Gasteiger partial charge >= 0.3 is 0 Å². The van der Waals surface area contributed by atoms with Crippen molar-refractivity contribution in [2.45, 2.75) is 12.8 Å². The Morgan fingerprint density at radius 1 is 1.32 bits per heavy atom. The van der Waals surface area contributed by atoms with Crippen molar-refractivity contribution in [3.05, 3.63) is 47.7 Å². The fourth-order valence-electron chi connectivity index (χ4n) is 2.60. The predicted molar refractivity (Wildman–Crippen MR) is 86.0 cm³/mol. The zero-order valence-electron chi connectivity index (χ0n) is 12.4. The summed E-state index contributed by atoms with van der Waals surface area (Å²) < 4.78 is 5.49. The lowest BCUT2D eigenvalue weighted by molar-refractivity contribution is -0.120. The van der Waals surface area contributed by atoms with Gasteiger partial charge in [-0.2, -0.15) is 0 Å². The number of rotatable bonds is 3. The van der Waals surface area contributed by atoms with Gasteiger partial charge in [-0.25, -0.2) is 4.99 Å². The lowest BCUT2D eigenvalue weighted by Crippen LogP contribution is -2.21. The number of aliphatic imine (C=N–C) groups is 1. The second-order valence-electron chi connectivity index (χ2n) is 5.07. The Balaban J connectivity index is 2.02. The Hall–Kier alpha value is -2.80. The molecule has 1 aromatic carbocycles. The van der Waals surface area contributed by atoms with Crippen LogP contribution in [0.25, 0.3) is 0 Å². The maximum absolute atomic E-state index is 12.4. The number of terminal acetylenes is 1. The number of carbonyl (C=O) groups excluding carboxylic acids is 1. The molecule has 1 amide bonds. The Labute approximate surface area is 129 Å². The van der Waals surface area contributed by atoms with Crippen LogP contribution < -0.4 is 4.74 Å². The van der Waals surface area contributed by atoms with Crippen molar-refractivity contribution in [1.82, 2.24) is 4.90 Å². The number of hydrogen-bond donors (Lipinski definition) is 0. The van der Waals surface area contributed by atoms with Gasteiger partial charge in [0.05, 0.1) is 0 Å². The molecule has 4 nitrogen and oxygen atoms in total. The molecule has 0 saturated carbocycles. The molecule has 0 spiro atoms. The predicted octanol–water partition coefficient (Wildman–Crippen LogP) is 2.85. The van der Waals surface area contributed by atoms with Crippen molar-refractivity contribution in [2.75, 3.05) is 13.7 Å². The van der Waals surface area contributed by atoms with E-state index in [1.54, 1.807) is 18.0 Å². The SMILES string of the molecule is C#CCOc1ccccc1N=C1C(=O)N(C)C2=CCCC=C21. The highest BCUT2D eigenvalue weighted by atomic mass is 16.5. The molecule has 0 radical (unpaired) electrons. The highest BCUT2D eigenvalue weighted by molar-refractivity contribution is 6.50. The van der Waals surface area contributed by atoms with Gasteiger partial charge in [0.25, 0.3) is 5.91 Å². The monoisotopic (exact) mass is 292 g/mol. The third-order valence-corrected chi connectivity index (χ3v) is 3.66. The molecule has 1 aliphatic carbocycles. The minimum atomic E-state index is -0.0915.